The lowest BCUT2D eigenvalue weighted by Crippen LogP contribution is -2.20. The number of hydrogen-bond donors (Lipinski definition) is 1. The third-order valence-corrected chi connectivity index (χ3v) is 2.77. The Balaban J connectivity index is 2.90. The van der Waals surface area contributed by atoms with Gasteiger partial charge in [0, 0.05) is 5.38 Å². The number of alkyl halides is 1. The maximum Gasteiger partial charge on any atom is 0.362 e. The van der Waals surface area contributed by atoms with Crippen molar-refractivity contribution in [3.05, 3.63) is 11.1 Å². The Morgan fingerprint density at radius 2 is 2.32 bits per heavy atom. The number of ether oxygens (including phenoxy) is 1. The molecule has 1 rings (SSSR count). The third kappa shape index (κ3) is 4.49. The van der Waals surface area contributed by atoms with E-state index in [1.807, 2.05) is 0 Å². The quantitative estimate of drug-likeness (QED) is 0.369. The molecule has 0 aromatic carbocycles. The normalized spacial score (nSPS) is 11.0. The monoisotopic (exact) mass is 305 g/mol. The lowest BCUT2D eigenvalue weighted by Gasteiger charge is -2.02. The van der Waals surface area contributed by atoms with Crippen LogP contribution in [0.2, 0.25) is 0 Å². The minimum atomic E-state index is -0.648. The fraction of sp³-hybridized carbons (Fsp3) is 0.400. The largest absolute Gasteiger partial charge is 0.461 e. The van der Waals surface area contributed by atoms with E-state index in [4.69, 9.17) is 16.3 Å². The molecule has 0 spiro atoms. The fourth-order valence-electron chi connectivity index (χ4n) is 1.07. The van der Waals surface area contributed by atoms with Crippen LogP contribution in [0.3, 0.4) is 0 Å². The Labute approximate surface area is 118 Å². The summed E-state index contributed by atoms with van der Waals surface area (Å²) in [6.07, 6.45) is 0. The lowest BCUT2D eigenvalue weighted by atomic mass is 10.3. The highest BCUT2D eigenvalue weighted by molar-refractivity contribution is 7.14. The first-order chi connectivity index (χ1) is 9.12. The first kappa shape index (κ1) is 15.4. The van der Waals surface area contributed by atoms with Gasteiger partial charge in [0.25, 0.3) is 0 Å². The second-order valence-electron chi connectivity index (χ2n) is 3.06. The Morgan fingerprint density at radius 3 is 2.89 bits per heavy atom. The smallest absolute Gasteiger partial charge is 0.362 e. The zero-order valence-corrected chi connectivity index (χ0v) is 11.9. The van der Waals surface area contributed by atoms with Crippen LogP contribution in [0.5, 0.6) is 0 Å². The predicted molar refractivity (Wildman–Crippen MR) is 71.6 cm³/mol. The second-order valence-corrected chi connectivity index (χ2v) is 4.19. The highest BCUT2D eigenvalue weighted by Crippen LogP contribution is 2.16. The summed E-state index contributed by atoms with van der Waals surface area (Å²) in [6.45, 7) is 1.89. The number of esters is 1. The van der Waals surface area contributed by atoms with Gasteiger partial charge in [-0.15, -0.1) is 22.9 Å². The predicted octanol–water partition coefficient (Wildman–Crippen LogP) is 1.23. The minimum Gasteiger partial charge on any atom is -0.461 e. The number of oxime groups is 1. The molecule has 1 aromatic heterocycles. The van der Waals surface area contributed by atoms with Gasteiger partial charge in [-0.25, -0.2) is 9.78 Å². The number of carbonyl (C=O) groups excluding carboxylic acids is 2. The van der Waals surface area contributed by atoms with Gasteiger partial charge >= 0.3 is 5.97 Å². The molecule has 1 amide bonds. The van der Waals surface area contributed by atoms with Crippen molar-refractivity contribution in [2.75, 3.05) is 24.9 Å². The van der Waals surface area contributed by atoms with E-state index in [1.165, 1.54) is 7.11 Å². The van der Waals surface area contributed by atoms with E-state index in [1.54, 1.807) is 12.3 Å². The van der Waals surface area contributed by atoms with Crippen molar-refractivity contribution in [3.63, 3.8) is 0 Å². The van der Waals surface area contributed by atoms with E-state index in [9.17, 15) is 9.59 Å². The van der Waals surface area contributed by atoms with Crippen LogP contribution in [0.4, 0.5) is 5.13 Å². The molecule has 0 bridgehead atoms. The third-order valence-electron chi connectivity index (χ3n) is 1.77. The molecule has 0 aliphatic carbocycles. The lowest BCUT2D eigenvalue weighted by molar-refractivity contribution is -0.135. The van der Waals surface area contributed by atoms with Crippen LogP contribution in [0, 0.1) is 0 Å². The Kier molecular flexibility index (Phi) is 6.23. The van der Waals surface area contributed by atoms with Crippen molar-refractivity contribution in [3.8, 4) is 0 Å². The van der Waals surface area contributed by atoms with Gasteiger partial charge in [0.05, 0.1) is 6.61 Å². The first-order valence-corrected chi connectivity index (χ1v) is 6.63. The van der Waals surface area contributed by atoms with Crippen molar-refractivity contribution in [2.45, 2.75) is 6.92 Å². The van der Waals surface area contributed by atoms with Gasteiger partial charge in [0.15, 0.2) is 5.13 Å². The van der Waals surface area contributed by atoms with Gasteiger partial charge in [-0.3, -0.25) is 4.79 Å². The number of carbonyl (C=O) groups is 2. The molecule has 19 heavy (non-hydrogen) atoms. The number of nitrogens with zero attached hydrogens (tertiary/aromatic N) is 2. The van der Waals surface area contributed by atoms with E-state index in [0.717, 1.165) is 11.3 Å². The van der Waals surface area contributed by atoms with Gasteiger partial charge in [-0.1, -0.05) is 5.16 Å². The van der Waals surface area contributed by atoms with Crippen molar-refractivity contribution in [1.29, 1.82) is 0 Å². The topological polar surface area (TPSA) is 89.9 Å². The number of aromatic nitrogens is 1. The molecule has 0 saturated heterocycles. The Hall–Kier alpha value is -1.67. The van der Waals surface area contributed by atoms with Crippen molar-refractivity contribution in [2.24, 2.45) is 5.16 Å². The maximum absolute atomic E-state index is 11.6. The van der Waals surface area contributed by atoms with Crippen LogP contribution in [0.15, 0.2) is 10.5 Å². The highest BCUT2D eigenvalue weighted by atomic mass is 35.5. The molecule has 1 N–H and O–H groups in total. The summed E-state index contributed by atoms with van der Waals surface area (Å²) in [6, 6.07) is 0. The second kappa shape index (κ2) is 7.70. The molecule has 7 nitrogen and oxygen atoms in total. The zero-order chi connectivity index (χ0) is 14.3. The molecule has 0 aliphatic rings. The fourth-order valence-corrected chi connectivity index (χ4v) is 1.85. The molecule has 0 atom stereocenters. The number of thiazole rings is 1. The van der Waals surface area contributed by atoms with Crippen LogP contribution >= 0.6 is 22.9 Å². The number of rotatable bonds is 6. The SMILES string of the molecule is CCOC(=O)/C(=N\OC)c1csc(NC(=O)CCl)n1. The molecular formula is C10H12ClN3O4S. The average molecular weight is 306 g/mol. The molecule has 0 saturated carbocycles. The Bertz CT molecular complexity index is 489. The van der Waals surface area contributed by atoms with E-state index in [-0.39, 0.29) is 29.8 Å². The summed E-state index contributed by atoms with van der Waals surface area (Å²) in [5, 5.41) is 7.91. The highest BCUT2D eigenvalue weighted by Gasteiger charge is 2.20. The van der Waals surface area contributed by atoms with Gasteiger partial charge in [0.2, 0.25) is 11.6 Å². The average Bonchev–Trinajstić information content (AvgIpc) is 2.84. The maximum atomic E-state index is 11.6. The molecule has 0 unspecified atom stereocenters. The van der Waals surface area contributed by atoms with E-state index >= 15 is 0 Å². The standard InChI is InChI=1S/C10H12ClN3O4S/c1-3-18-9(16)8(14-17-2)6-5-19-10(12-6)13-7(15)4-11/h5H,3-4H2,1-2H3,(H,12,13,15)/b14-8-. The molecule has 1 heterocycles. The van der Waals surface area contributed by atoms with Gasteiger partial charge in [-0.2, -0.15) is 0 Å². The van der Waals surface area contributed by atoms with Crippen LogP contribution in [0.1, 0.15) is 12.6 Å². The van der Waals surface area contributed by atoms with Crippen molar-refractivity contribution >= 4 is 45.7 Å². The number of anilines is 1. The molecule has 0 fully saturated rings. The Morgan fingerprint density at radius 1 is 1.58 bits per heavy atom. The summed E-state index contributed by atoms with van der Waals surface area (Å²) >= 11 is 6.50. The van der Waals surface area contributed by atoms with Gasteiger partial charge in [-0.05, 0) is 6.92 Å². The summed E-state index contributed by atoms with van der Waals surface area (Å²) in [5.74, 6) is -1.21. The number of nitrogens with one attached hydrogen (secondary N) is 1. The summed E-state index contributed by atoms with van der Waals surface area (Å²) in [7, 11) is 1.31. The van der Waals surface area contributed by atoms with Gasteiger partial charge < -0.3 is 14.9 Å². The zero-order valence-electron chi connectivity index (χ0n) is 10.3. The van der Waals surface area contributed by atoms with E-state index in [0.29, 0.717) is 5.13 Å². The van der Waals surface area contributed by atoms with Crippen LogP contribution in [0.25, 0.3) is 0 Å². The molecule has 9 heteroatoms. The minimum absolute atomic E-state index is 0.0630. The molecule has 0 radical (unpaired) electrons. The van der Waals surface area contributed by atoms with E-state index in [2.05, 4.69) is 20.3 Å². The van der Waals surface area contributed by atoms with Crippen molar-refractivity contribution < 1.29 is 19.2 Å². The summed E-state index contributed by atoms with van der Waals surface area (Å²) in [5.41, 5.74) is 0.196. The van der Waals surface area contributed by atoms with Crippen LogP contribution in [-0.4, -0.2) is 42.2 Å². The molecule has 104 valence electrons. The number of hydrogen-bond acceptors (Lipinski definition) is 7. The van der Waals surface area contributed by atoms with Crippen molar-refractivity contribution in [1.82, 2.24) is 4.98 Å². The molecule has 1 aromatic rings. The first-order valence-electron chi connectivity index (χ1n) is 5.22. The summed E-state index contributed by atoms with van der Waals surface area (Å²) in [4.78, 5) is 31.4. The van der Waals surface area contributed by atoms with Gasteiger partial charge in [0.1, 0.15) is 18.7 Å². The van der Waals surface area contributed by atoms with Crippen LogP contribution in [-0.2, 0) is 19.2 Å². The number of amides is 1. The summed E-state index contributed by atoms with van der Waals surface area (Å²) < 4.78 is 4.83. The molecular weight excluding hydrogens is 294 g/mol. The number of halogens is 1. The van der Waals surface area contributed by atoms with E-state index < -0.39 is 5.97 Å². The molecule has 0 aliphatic heterocycles. The van der Waals surface area contributed by atoms with Crippen LogP contribution < -0.4 is 5.32 Å².